The van der Waals surface area contributed by atoms with Gasteiger partial charge in [-0.3, -0.25) is 14.9 Å². The Morgan fingerprint density at radius 3 is 2.00 bits per heavy atom. The summed E-state index contributed by atoms with van der Waals surface area (Å²) in [5.41, 5.74) is 2.07. The van der Waals surface area contributed by atoms with Gasteiger partial charge >= 0.3 is 0 Å². The summed E-state index contributed by atoms with van der Waals surface area (Å²) < 4.78 is 0. The molecular weight excluding hydrogens is 250 g/mol. The first kappa shape index (κ1) is 14.3. The molecule has 0 aliphatic heterocycles. The number of carbonyl (C=O) groups excluding carboxylic acids is 1. The predicted molar refractivity (Wildman–Crippen MR) is 77.9 cm³/mol. The van der Waals surface area contributed by atoms with Gasteiger partial charge in [0.05, 0.1) is 11.4 Å². The maximum absolute atomic E-state index is 10.5. The number of hydrogen-bond acceptors (Lipinski definition) is 4. The minimum Gasteiger partial charge on any atom is -0.303 e. The minimum absolute atomic E-state index is 0.598. The summed E-state index contributed by atoms with van der Waals surface area (Å²) in [6.45, 7) is 2.42. The molecule has 0 bridgehead atoms. The molecular formula is C16H19N3O. The Kier molecular flexibility index (Phi) is 5.86. The van der Waals surface area contributed by atoms with E-state index in [1.54, 1.807) is 12.4 Å². The number of carbonyl (C=O) groups is 1. The van der Waals surface area contributed by atoms with Crippen molar-refractivity contribution in [1.29, 1.82) is 0 Å². The Bertz CT molecular complexity index is 460. The van der Waals surface area contributed by atoms with Gasteiger partial charge in [-0.15, -0.1) is 0 Å². The largest absolute Gasteiger partial charge is 0.303 e. The van der Waals surface area contributed by atoms with Gasteiger partial charge in [-0.1, -0.05) is 12.1 Å². The molecule has 0 amide bonds. The van der Waals surface area contributed by atoms with E-state index in [4.69, 9.17) is 0 Å². The second-order valence-corrected chi connectivity index (χ2v) is 4.66. The van der Waals surface area contributed by atoms with Gasteiger partial charge in [-0.05, 0) is 37.2 Å². The van der Waals surface area contributed by atoms with Crippen molar-refractivity contribution < 1.29 is 4.79 Å². The Balaban J connectivity index is 1.98. The number of rotatable bonds is 8. The summed E-state index contributed by atoms with van der Waals surface area (Å²) >= 11 is 0. The van der Waals surface area contributed by atoms with Gasteiger partial charge in [0, 0.05) is 31.9 Å². The normalized spacial score (nSPS) is 10.7. The summed E-state index contributed by atoms with van der Waals surface area (Å²) in [7, 11) is 0. The highest BCUT2D eigenvalue weighted by molar-refractivity contribution is 5.49. The summed E-state index contributed by atoms with van der Waals surface area (Å²) in [6.07, 6.45) is 6.04. The maximum Gasteiger partial charge on any atom is 0.120 e. The Morgan fingerprint density at radius 2 is 1.55 bits per heavy atom. The molecule has 0 unspecified atom stereocenters. The van der Waals surface area contributed by atoms with E-state index >= 15 is 0 Å². The van der Waals surface area contributed by atoms with Crippen molar-refractivity contribution in [1.82, 2.24) is 14.9 Å². The second-order valence-electron chi connectivity index (χ2n) is 4.66. The quantitative estimate of drug-likeness (QED) is 0.545. The van der Waals surface area contributed by atoms with E-state index in [1.807, 2.05) is 36.4 Å². The average Bonchev–Trinajstić information content (AvgIpc) is 2.49. The molecule has 0 N–H and O–H groups in total. The van der Waals surface area contributed by atoms with Gasteiger partial charge in [0.2, 0.25) is 0 Å². The number of aldehydes is 1. The van der Waals surface area contributed by atoms with Crippen LogP contribution in [0.15, 0.2) is 48.8 Å². The van der Waals surface area contributed by atoms with Crippen molar-refractivity contribution in [3.05, 3.63) is 60.2 Å². The van der Waals surface area contributed by atoms with Crippen molar-refractivity contribution >= 4 is 6.29 Å². The first-order valence-corrected chi connectivity index (χ1v) is 6.84. The third kappa shape index (κ3) is 4.90. The fourth-order valence-corrected chi connectivity index (χ4v) is 2.05. The molecule has 4 nitrogen and oxygen atoms in total. The van der Waals surface area contributed by atoms with E-state index in [-0.39, 0.29) is 0 Å². The Morgan fingerprint density at radius 1 is 0.950 bits per heavy atom. The van der Waals surface area contributed by atoms with Gasteiger partial charge in [0.15, 0.2) is 0 Å². The standard InChI is InChI=1S/C16H19N3O/c20-12-6-5-11-19(13-15-7-1-3-9-17-15)14-16-8-2-4-10-18-16/h1-4,7-10,12H,5-6,11,13-14H2. The van der Waals surface area contributed by atoms with Crippen LogP contribution in [0.3, 0.4) is 0 Å². The lowest BCUT2D eigenvalue weighted by molar-refractivity contribution is -0.108. The molecule has 0 aliphatic carbocycles. The topological polar surface area (TPSA) is 46.1 Å². The van der Waals surface area contributed by atoms with Crippen LogP contribution in [-0.2, 0) is 17.9 Å². The van der Waals surface area contributed by atoms with Crippen molar-refractivity contribution in [3.8, 4) is 0 Å². The summed E-state index contributed by atoms with van der Waals surface area (Å²) in [4.78, 5) is 21.4. The Hall–Kier alpha value is -2.07. The number of hydrogen-bond donors (Lipinski definition) is 0. The predicted octanol–water partition coefficient (Wildman–Crippen LogP) is 2.46. The summed E-state index contributed by atoms with van der Waals surface area (Å²) in [6, 6.07) is 11.9. The van der Waals surface area contributed by atoms with Crippen LogP contribution in [0.25, 0.3) is 0 Å². The van der Waals surface area contributed by atoms with Crippen molar-refractivity contribution in [3.63, 3.8) is 0 Å². The smallest absolute Gasteiger partial charge is 0.120 e. The first-order chi connectivity index (χ1) is 9.88. The third-order valence-corrected chi connectivity index (χ3v) is 3.02. The molecule has 0 radical (unpaired) electrons. The number of nitrogens with zero attached hydrogens (tertiary/aromatic N) is 3. The zero-order chi connectivity index (χ0) is 14.0. The monoisotopic (exact) mass is 269 g/mol. The fourth-order valence-electron chi connectivity index (χ4n) is 2.05. The fraction of sp³-hybridized carbons (Fsp3) is 0.312. The van der Waals surface area contributed by atoms with Crippen LogP contribution >= 0.6 is 0 Å². The lowest BCUT2D eigenvalue weighted by Crippen LogP contribution is -2.25. The van der Waals surface area contributed by atoms with Gasteiger partial charge in [-0.2, -0.15) is 0 Å². The molecule has 2 heterocycles. The van der Waals surface area contributed by atoms with Gasteiger partial charge in [0.1, 0.15) is 6.29 Å². The molecule has 20 heavy (non-hydrogen) atoms. The zero-order valence-corrected chi connectivity index (χ0v) is 11.5. The van der Waals surface area contributed by atoms with E-state index in [2.05, 4.69) is 14.9 Å². The molecule has 0 fully saturated rings. The number of aromatic nitrogens is 2. The lowest BCUT2D eigenvalue weighted by atomic mass is 10.2. The zero-order valence-electron chi connectivity index (χ0n) is 11.5. The summed E-state index contributed by atoms with van der Waals surface area (Å²) in [5.74, 6) is 0. The van der Waals surface area contributed by atoms with Gasteiger partial charge < -0.3 is 4.79 Å². The first-order valence-electron chi connectivity index (χ1n) is 6.84. The van der Waals surface area contributed by atoms with Gasteiger partial charge in [-0.25, -0.2) is 0 Å². The molecule has 104 valence electrons. The number of pyridine rings is 2. The van der Waals surface area contributed by atoms with E-state index in [9.17, 15) is 4.79 Å². The molecule has 2 rings (SSSR count). The maximum atomic E-state index is 10.5. The van der Waals surface area contributed by atoms with E-state index in [0.717, 1.165) is 43.7 Å². The highest BCUT2D eigenvalue weighted by Gasteiger charge is 2.08. The molecule has 0 saturated heterocycles. The van der Waals surface area contributed by atoms with Gasteiger partial charge in [0.25, 0.3) is 0 Å². The van der Waals surface area contributed by atoms with Crippen LogP contribution in [0.1, 0.15) is 24.2 Å². The van der Waals surface area contributed by atoms with Crippen molar-refractivity contribution in [2.45, 2.75) is 25.9 Å². The van der Waals surface area contributed by atoms with Crippen LogP contribution in [0.2, 0.25) is 0 Å². The van der Waals surface area contributed by atoms with Crippen LogP contribution in [0.4, 0.5) is 0 Å². The van der Waals surface area contributed by atoms with Crippen LogP contribution in [0, 0.1) is 0 Å². The Labute approximate surface area is 119 Å². The third-order valence-electron chi connectivity index (χ3n) is 3.02. The number of unbranched alkanes of at least 4 members (excludes halogenated alkanes) is 1. The van der Waals surface area contributed by atoms with Crippen LogP contribution < -0.4 is 0 Å². The summed E-state index contributed by atoms with van der Waals surface area (Å²) in [5, 5.41) is 0. The van der Waals surface area contributed by atoms with Crippen molar-refractivity contribution in [2.75, 3.05) is 6.54 Å². The minimum atomic E-state index is 0.598. The highest BCUT2D eigenvalue weighted by Crippen LogP contribution is 2.07. The van der Waals surface area contributed by atoms with E-state index in [1.165, 1.54) is 0 Å². The SMILES string of the molecule is O=CCCCN(Cc1ccccn1)Cc1ccccn1. The molecule has 0 aromatic carbocycles. The van der Waals surface area contributed by atoms with Crippen molar-refractivity contribution in [2.24, 2.45) is 0 Å². The molecule has 2 aromatic heterocycles. The molecule has 0 spiro atoms. The van der Waals surface area contributed by atoms with E-state index in [0.29, 0.717) is 6.42 Å². The van der Waals surface area contributed by atoms with Crippen LogP contribution in [-0.4, -0.2) is 27.7 Å². The molecule has 0 saturated carbocycles. The average molecular weight is 269 g/mol. The molecule has 0 aliphatic rings. The second kappa shape index (κ2) is 8.17. The molecule has 2 aromatic rings. The van der Waals surface area contributed by atoms with Crippen LogP contribution in [0.5, 0.6) is 0 Å². The molecule has 0 atom stereocenters. The van der Waals surface area contributed by atoms with E-state index < -0.39 is 0 Å². The lowest BCUT2D eigenvalue weighted by Gasteiger charge is -2.21. The molecule has 4 heteroatoms. The highest BCUT2D eigenvalue weighted by atomic mass is 16.1.